The van der Waals surface area contributed by atoms with Crippen molar-refractivity contribution in [1.29, 1.82) is 0 Å². The summed E-state index contributed by atoms with van der Waals surface area (Å²) >= 11 is 0. The van der Waals surface area contributed by atoms with Crippen molar-refractivity contribution in [3.05, 3.63) is 58.7 Å². The molecule has 0 aliphatic carbocycles. The van der Waals surface area contributed by atoms with Gasteiger partial charge in [0.05, 0.1) is 4.90 Å². The zero-order chi connectivity index (χ0) is 15.6. The molecular formula is C16H20N2O2S. The van der Waals surface area contributed by atoms with Crippen molar-refractivity contribution < 1.29 is 8.42 Å². The van der Waals surface area contributed by atoms with E-state index in [0.717, 1.165) is 11.1 Å². The normalized spacial score (nSPS) is 11.6. The lowest BCUT2D eigenvalue weighted by atomic mass is 10.1. The molecule has 0 heterocycles. The minimum atomic E-state index is -3.55. The second-order valence-electron chi connectivity index (χ2n) is 5.29. The van der Waals surface area contributed by atoms with Crippen molar-refractivity contribution in [3.63, 3.8) is 0 Å². The second kappa shape index (κ2) is 5.87. The maximum absolute atomic E-state index is 12.5. The minimum absolute atomic E-state index is 0.270. The van der Waals surface area contributed by atoms with E-state index in [1.807, 2.05) is 31.2 Å². The highest BCUT2D eigenvalue weighted by Gasteiger charge is 2.19. The maximum Gasteiger partial charge on any atom is 0.241 e. The van der Waals surface area contributed by atoms with E-state index in [0.29, 0.717) is 21.7 Å². The van der Waals surface area contributed by atoms with E-state index in [-0.39, 0.29) is 6.54 Å². The highest BCUT2D eigenvalue weighted by molar-refractivity contribution is 7.89. The van der Waals surface area contributed by atoms with Crippen molar-refractivity contribution in [2.24, 2.45) is 0 Å². The Morgan fingerprint density at radius 1 is 1.00 bits per heavy atom. The summed E-state index contributed by atoms with van der Waals surface area (Å²) in [7, 11) is -3.55. The van der Waals surface area contributed by atoms with Gasteiger partial charge in [0.25, 0.3) is 0 Å². The van der Waals surface area contributed by atoms with Gasteiger partial charge >= 0.3 is 0 Å². The Morgan fingerprint density at radius 3 is 2.05 bits per heavy atom. The zero-order valence-electron chi connectivity index (χ0n) is 12.5. The van der Waals surface area contributed by atoms with Crippen LogP contribution < -0.4 is 10.5 Å². The van der Waals surface area contributed by atoms with Gasteiger partial charge in [0, 0.05) is 12.2 Å². The zero-order valence-corrected chi connectivity index (χ0v) is 13.3. The quantitative estimate of drug-likeness (QED) is 0.853. The molecule has 0 atom stereocenters. The maximum atomic E-state index is 12.5. The Hall–Kier alpha value is -1.85. The van der Waals surface area contributed by atoms with Crippen LogP contribution >= 0.6 is 0 Å². The third-order valence-corrected chi connectivity index (χ3v) is 5.04. The summed E-state index contributed by atoms with van der Waals surface area (Å²) < 4.78 is 27.6. The van der Waals surface area contributed by atoms with Crippen LogP contribution in [0, 0.1) is 20.8 Å². The lowest BCUT2D eigenvalue weighted by molar-refractivity contribution is 0.580. The average molecular weight is 304 g/mol. The molecule has 3 N–H and O–H groups in total. The van der Waals surface area contributed by atoms with Crippen LogP contribution in [0.25, 0.3) is 0 Å². The molecule has 0 aliphatic rings. The summed E-state index contributed by atoms with van der Waals surface area (Å²) in [5.41, 5.74) is 9.69. The predicted molar refractivity (Wildman–Crippen MR) is 85.5 cm³/mol. The van der Waals surface area contributed by atoms with Crippen molar-refractivity contribution >= 4 is 15.7 Å². The highest BCUT2D eigenvalue weighted by Crippen LogP contribution is 2.23. The molecule has 0 unspecified atom stereocenters. The molecule has 5 heteroatoms. The summed E-state index contributed by atoms with van der Waals surface area (Å²) in [5.74, 6) is 0. The Bertz CT molecular complexity index is 727. The SMILES string of the molecule is Cc1ccc(CNS(=O)(=O)c2c(C)cc(N)cc2C)cc1. The van der Waals surface area contributed by atoms with Gasteiger partial charge in [-0.15, -0.1) is 0 Å². The molecule has 0 amide bonds. The van der Waals surface area contributed by atoms with Gasteiger partial charge in [-0.3, -0.25) is 0 Å². The molecule has 4 nitrogen and oxygen atoms in total. The highest BCUT2D eigenvalue weighted by atomic mass is 32.2. The van der Waals surface area contributed by atoms with Crippen molar-refractivity contribution in [2.45, 2.75) is 32.2 Å². The molecule has 0 saturated carbocycles. The third kappa shape index (κ3) is 3.62. The molecular weight excluding hydrogens is 284 g/mol. The standard InChI is InChI=1S/C16H20N2O2S/c1-11-4-6-14(7-5-11)10-18-21(19,20)16-12(2)8-15(17)9-13(16)3/h4-9,18H,10,17H2,1-3H3. The number of nitrogen functional groups attached to an aromatic ring is 1. The molecule has 0 spiro atoms. The molecule has 21 heavy (non-hydrogen) atoms. The van der Waals surface area contributed by atoms with Gasteiger partial charge in [-0.05, 0) is 49.6 Å². The molecule has 0 aliphatic heterocycles. The number of benzene rings is 2. The fourth-order valence-corrected chi connectivity index (χ4v) is 3.83. The first-order valence-corrected chi connectivity index (χ1v) is 8.20. The van der Waals surface area contributed by atoms with Crippen LogP contribution in [-0.2, 0) is 16.6 Å². The van der Waals surface area contributed by atoms with Gasteiger partial charge in [0.2, 0.25) is 10.0 Å². The largest absolute Gasteiger partial charge is 0.399 e. The van der Waals surface area contributed by atoms with Crippen LogP contribution in [0.3, 0.4) is 0 Å². The average Bonchev–Trinajstić information content (AvgIpc) is 2.36. The Morgan fingerprint density at radius 2 is 1.52 bits per heavy atom. The van der Waals surface area contributed by atoms with Crippen LogP contribution in [-0.4, -0.2) is 8.42 Å². The van der Waals surface area contributed by atoms with Crippen LogP contribution in [0.4, 0.5) is 5.69 Å². The molecule has 2 aromatic rings. The first kappa shape index (κ1) is 15.5. The lowest BCUT2D eigenvalue weighted by Gasteiger charge is -2.13. The van der Waals surface area contributed by atoms with E-state index in [1.54, 1.807) is 26.0 Å². The third-order valence-electron chi connectivity index (χ3n) is 3.34. The van der Waals surface area contributed by atoms with Gasteiger partial charge in [0.15, 0.2) is 0 Å². The number of hydrogen-bond donors (Lipinski definition) is 2. The number of sulfonamides is 1. The van der Waals surface area contributed by atoms with Crippen LogP contribution in [0.5, 0.6) is 0 Å². The Balaban J connectivity index is 2.25. The van der Waals surface area contributed by atoms with E-state index in [4.69, 9.17) is 5.73 Å². The molecule has 0 aromatic heterocycles. The van der Waals surface area contributed by atoms with E-state index in [2.05, 4.69) is 4.72 Å². The molecule has 0 radical (unpaired) electrons. The number of nitrogens with two attached hydrogens (primary N) is 1. The first-order valence-electron chi connectivity index (χ1n) is 6.71. The van der Waals surface area contributed by atoms with Gasteiger partial charge in [-0.1, -0.05) is 29.8 Å². The van der Waals surface area contributed by atoms with Gasteiger partial charge < -0.3 is 5.73 Å². The van der Waals surface area contributed by atoms with E-state index in [9.17, 15) is 8.42 Å². The van der Waals surface area contributed by atoms with E-state index in [1.165, 1.54) is 0 Å². The van der Waals surface area contributed by atoms with Crippen molar-refractivity contribution in [3.8, 4) is 0 Å². The fourth-order valence-electron chi connectivity index (χ4n) is 2.36. The van der Waals surface area contributed by atoms with Crippen molar-refractivity contribution in [1.82, 2.24) is 4.72 Å². The summed E-state index contributed by atoms with van der Waals surface area (Å²) in [4.78, 5) is 0.309. The second-order valence-corrected chi connectivity index (χ2v) is 7.00. The number of hydrogen-bond acceptors (Lipinski definition) is 3. The summed E-state index contributed by atoms with van der Waals surface area (Å²) in [6.45, 7) is 5.77. The van der Waals surface area contributed by atoms with Gasteiger partial charge in [-0.2, -0.15) is 0 Å². The monoisotopic (exact) mass is 304 g/mol. The number of anilines is 1. The molecule has 2 aromatic carbocycles. The minimum Gasteiger partial charge on any atom is -0.399 e. The summed E-state index contributed by atoms with van der Waals surface area (Å²) in [6.07, 6.45) is 0. The number of aryl methyl sites for hydroxylation is 3. The summed E-state index contributed by atoms with van der Waals surface area (Å²) in [6, 6.07) is 11.1. The van der Waals surface area contributed by atoms with Crippen LogP contribution in [0.2, 0.25) is 0 Å². The molecule has 2 rings (SSSR count). The molecule has 0 fully saturated rings. The Labute approximate surface area is 126 Å². The van der Waals surface area contributed by atoms with Crippen LogP contribution in [0.15, 0.2) is 41.3 Å². The van der Waals surface area contributed by atoms with Crippen molar-refractivity contribution in [2.75, 3.05) is 5.73 Å². The summed E-state index contributed by atoms with van der Waals surface area (Å²) in [5, 5.41) is 0. The topological polar surface area (TPSA) is 72.2 Å². The smallest absolute Gasteiger partial charge is 0.241 e. The lowest BCUT2D eigenvalue weighted by Crippen LogP contribution is -2.25. The Kier molecular flexibility index (Phi) is 4.34. The van der Waals surface area contributed by atoms with Gasteiger partial charge in [-0.25, -0.2) is 13.1 Å². The number of nitrogens with one attached hydrogen (secondary N) is 1. The van der Waals surface area contributed by atoms with Gasteiger partial charge in [0.1, 0.15) is 0 Å². The molecule has 0 saturated heterocycles. The predicted octanol–water partition coefficient (Wildman–Crippen LogP) is 2.67. The number of rotatable bonds is 4. The van der Waals surface area contributed by atoms with Crippen LogP contribution in [0.1, 0.15) is 22.3 Å². The fraction of sp³-hybridized carbons (Fsp3) is 0.250. The molecule has 0 bridgehead atoms. The van der Waals surface area contributed by atoms with E-state index >= 15 is 0 Å². The first-order chi connectivity index (χ1) is 9.79. The molecule has 112 valence electrons. The van der Waals surface area contributed by atoms with E-state index < -0.39 is 10.0 Å².